The summed E-state index contributed by atoms with van der Waals surface area (Å²) in [5, 5.41) is 5.64. The molecule has 1 aliphatic heterocycles. The minimum atomic E-state index is -0.309. The van der Waals surface area contributed by atoms with Crippen molar-refractivity contribution >= 4 is 29.1 Å². The zero-order chi connectivity index (χ0) is 25.3. The number of benzene rings is 3. The van der Waals surface area contributed by atoms with Crippen LogP contribution >= 0.6 is 0 Å². The number of piperidine rings is 1. The van der Waals surface area contributed by atoms with E-state index in [1.165, 1.54) is 0 Å². The van der Waals surface area contributed by atoms with Gasteiger partial charge in [-0.1, -0.05) is 18.2 Å². The molecule has 0 spiro atoms. The van der Waals surface area contributed by atoms with Crippen LogP contribution in [0.15, 0.2) is 72.8 Å². The SMILES string of the molecule is COc1cccc(NC(=O)COc2ccc(C(=O)Nc3cccc(CN4CCCCC4=O)c3)cc2)c1. The largest absolute Gasteiger partial charge is 0.497 e. The van der Waals surface area contributed by atoms with Crippen molar-refractivity contribution in [3.63, 3.8) is 0 Å². The standard InChI is InChI=1S/C28H29N3O5/c1-35-25-9-5-8-23(17-25)29-26(32)19-36-24-13-11-21(12-14-24)28(34)30-22-7-4-6-20(16-22)18-31-15-3-2-10-27(31)33/h4-9,11-14,16-17H,2-3,10,15,18-19H2,1H3,(H,29,32)(H,30,34). The first-order chi connectivity index (χ1) is 17.5. The third-order valence-electron chi connectivity index (χ3n) is 5.82. The Hall–Kier alpha value is -4.33. The number of nitrogens with zero attached hydrogens (tertiary/aromatic N) is 1. The van der Waals surface area contributed by atoms with E-state index in [1.54, 1.807) is 55.6 Å². The fourth-order valence-corrected chi connectivity index (χ4v) is 3.95. The molecule has 0 aliphatic carbocycles. The normalized spacial score (nSPS) is 13.1. The molecule has 3 aromatic carbocycles. The van der Waals surface area contributed by atoms with Crippen LogP contribution in [0.1, 0.15) is 35.2 Å². The van der Waals surface area contributed by atoms with Gasteiger partial charge in [0.2, 0.25) is 5.91 Å². The van der Waals surface area contributed by atoms with Gasteiger partial charge in [0.25, 0.3) is 11.8 Å². The van der Waals surface area contributed by atoms with Crippen LogP contribution in [0.3, 0.4) is 0 Å². The van der Waals surface area contributed by atoms with E-state index in [1.807, 2.05) is 29.2 Å². The lowest BCUT2D eigenvalue weighted by Crippen LogP contribution is -2.34. The van der Waals surface area contributed by atoms with E-state index >= 15 is 0 Å². The summed E-state index contributed by atoms with van der Waals surface area (Å²) in [6.07, 6.45) is 2.57. The third-order valence-corrected chi connectivity index (χ3v) is 5.82. The molecule has 0 atom stereocenters. The Bertz CT molecular complexity index is 1230. The second-order valence-corrected chi connectivity index (χ2v) is 8.52. The highest BCUT2D eigenvalue weighted by molar-refractivity contribution is 6.04. The van der Waals surface area contributed by atoms with Crippen molar-refractivity contribution in [2.24, 2.45) is 0 Å². The van der Waals surface area contributed by atoms with E-state index in [0.29, 0.717) is 41.4 Å². The van der Waals surface area contributed by atoms with Crippen molar-refractivity contribution in [1.29, 1.82) is 0 Å². The predicted octanol–water partition coefficient (Wildman–Crippen LogP) is 4.48. The molecule has 3 aromatic rings. The lowest BCUT2D eigenvalue weighted by Gasteiger charge is -2.26. The molecule has 1 fully saturated rings. The first-order valence-corrected chi connectivity index (χ1v) is 11.8. The second-order valence-electron chi connectivity index (χ2n) is 8.52. The molecule has 0 bridgehead atoms. The second kappa shape index (κ2) is 11.9. The maximum atomic E-state index is 12.7. The number of methoxy groups -OCH3 is 1. The number of likely N-dealkylation sites (tertiary alicyclic amines) is 1. The molecule has 4 rings (SSSR count). The molecule has 186 valence electrons. The van der Waals surface area contributed by atoms with E-state index in [0.717, 1.165) is 24.9 Å². The topological polar surface area (TPSA) is 97.0 Å². The highest BCUT2D eigenvalue weighted by Crippen LogP contribution is 2.19. The molecule has 0 aromatic heterocycles. The molecule has 36 heavy (non-hydrogen) atoms. The van der Waals surface area contributed by atoms with Crippen LogP contribution in [0.2, 0.25) is 0 Å². The number of rotatable bonds is 9. The van der Waals surface area contributed by atoms with Gasteiger partial charge in [-0.3, -0.25) is 14.4 Å². The van der Waals surface area contributed by atoms with E-state index in [2.05, 4.69) is 10.6 Å². The van der Waals surface area contributed by atoms with Gasteiger partial charge in [-0.2, -0.15) is 0 Å². The number of carbonyl (C=O) groups excluding carboxylic acids is 3. The van der Waals surface area contributed by atoms with Gasteiger partial charge in [0, 0.05) is 42.5 Å². The molecule has 0 radical (unpaired) electrons. The Morgan fingerprint density at radius 1 is 0.889 bits per heavy atom. The van der Waals surface area contributed by atoms with E-state index in [-0.39, 0.29) is 24.3 Å². The lowest BCUT2D eigenvalue weighted by molar-refractivity contribution is -0.133. The van der Waals surface area contributed by atoms with Crippen LogP contribution in [0.4, 0.5) is 11.4 Å². The van der Waals surface area contributed by atoms with Gasteiger partial charge < -0.3 is 25.0 Å². The summed E-state index contributed by atoms with van der Waals surface area (Å²) < 4.78 is 10.7. The van der Waals surface area contributed by atoms with Crippen molar-refractivity contribution in [3.8, 4) is 11.5 Å². The minimum absolute atomic E-state index is 0.172. The van der Waals surface area contributed by atoms with E-state index in [4.69, 9.17) is 9.47 Å². The number of nitrogens with one attached hydrogen (secondary N) is 2. The highest BCUT2D eigenvalue weighted by Gasteiger charge is 2.18. The lowest BCUT2D eigenvalue weighted by atomic mass is 10.1. The van der Waals surface area contributed by atoms with Gasteiger partial charge in [0.1, 0.15) is 11.5 Å². The van der Waals surface area contributed by atoms with Crippen LogP contribution in [0.25, 0.3) is 0 Å². The zero-order valence-corrected chi connectivity index (χ0v) is 20.2. The molecule has 0 unspecified atom stereocenters. The maximum Gasteiger partial charge on any atom is 0.262 e. The molecule has 8 nitrogen and oxygen atoms in total. The van der Waals surface area contributed by atoms with Gasteiger partial charge >= 0.3 is 0 Å². The summed E-state index contributed by atoms with van der Waals surface area (Å²) >= 11 is 0. The zero-order valence-electron chi connectivity index (χ0n) is 20.2. The van der Waals surface area contributed by atoms with Crippen molar-refractivity contribution < 1.29 is 23.9 Å². The Morgan fingerprint density at radius 2 is 1.64 bits per heavy atom. The molecular formula is C28H29N3O5. The number of anilines is 2. The average molecular weight is 488 g/mol. The minimum Gasteiger partial charge on any atom is -0.497 e. The fraction of sp³-hybridized carbons (Fsp3) is 0.250. The van der Waals surface area contributed by atoms with Crippen LogP contribution in [0.5, 0.6) is 11.5 Å². The smallest absolute Gasteiger partial charge is 0.262 e. The van der Waals surface area contributed by atoms with Gasteiger partial charge in [-0.05, 0) is 66.9 Å². The van der Waals surface area contributed by atoms with Crippen molar-refractivity contribution in [3.05, 3.63) is 83.9 Å². The molecule has 2 N–H and O–H groups in total. The Kier molecular flexibility index (Phi) is 8.18. The maximum absolute atomic E-state index is 12.7. The Balaban J connectivity index is 1.28. The molecule has 8 heteroatoms. The Morgan fingerprint density at radius 3 is 2.39 bits per heavy atom. The number of carbonyl (C=O) groups is 3. The molecule has 3 amide bonds. The predicted molar refractivity (Wildman–Crippen MR) is 137 cm³/mol. The van der Waals surface area contributed by atoms with Crippen molar-refractivity contribution in [1.82, 2.24) is 4.90 Å². The van der Waals surface area contributed by atoms with Gasteiger partial charge in [0.15, 0.2) is 6.61 Å². The molecule has 1 heterocycles. The summed E-state index contributed by atoms with van der Waals surface area (Å²) in [5.41, 5.74) is 2.71. The summed E-state index contributed by atoms with van der Waals surface area (Å²) in [5.74, 6) is 0.724. The number of hydrogen-bond acceptors (Lipinski definition) is 5. The summed E-state index contributed by atoms with van der Waals surface area (Å²) in [6, 6.07) is 21.1. The molecule has 1 saturated heterocycles. The quantitative estimate of drug-likeness (QED) is 0.464. The molecule has 0 saturated carbocycles. The molecular weight excluding hydrogens is 458 g/mol. The van der Waals surface area contributed by atoms with Crippen LogP contribution in [-0.4, -0.2) is 42.9 Å². The summed E-state index contributed by atoms with van der Waals surface area (Å²) in [4.78, 5) is 38.8. The number of amides is 3. The Labute approximate surface area is 210 Å². The van der Waals surface area contributed by atoms with Crippen LogP contribution < -0.4 is 20.1 Å². The van der Waals surface area contributed by atoms with Crippen LogP contribution in [0, 0.1) is 0 Å². The fourth-order valence-electron chi connectivity index (χ4n) is 3.95. The summed E-state index contributed by atoms with van der Waals surface area (Å²) in [7, 11) is 1.56. The number of hydrogen-bond donors (Lipinski definition) is 2. The van der Waals surface area contributed by atoms with E-state index < -0.39 is 0 Å². The van der Waals surface area contributed by atoms with Crippen molar-refractivity contribution in [2.45, 2.75) is 25.8 Å². The third kappa shape index (κ3) is 6.85. The first-order valence-electron chi connectivity index (χ1n) is 11.8. The van der Waals surface area contributed by atoms with Gasteiger partial charge in [0.05, 0.1) is 7.11 Å². The van der Waals surface area contributed by atoms with Crippen LogP contribution in [-0.2, 0) is 16.1 Å². The number of ether oxygens (including phenoxy) is 2. The average Bonchev–Trinajstić information content (AvgIpc) is 2.89. The summed E-state index contributed by atoms with van der Waals surface area (Å²) in [6.45, 7) is 1.14. The van der Waals surface area contributed by atoms with Crippen molar-refractivity contribution in [2.75, 3.05) is 30.9 Å². The van der Waals surface area contributed by atoms with Gasteiger partial charge in [-0.25, -0.2) is 0 Å². The van der Waals surface area contributed by atoms with Gasteiger partial charge in [-0.15, -0.1) is 0 Å². The highest BCUT2D eigenvalue weighted by atomic mass is 16.5. The van der Waals surface area contributed by atoms with E-state index in [9.17, 15) is 14.4 Å². The molecule has 1 aliphatic rings. The first kappa shape index (κ1) is 24.8. The monoisotopic (exact) mass is 487 g/mol.